The van der Waals surface area contributed by atoms with E-state index >= 15 is 0 Å². The normalized spacial score (nSPS) is 10.6. The van der Waals surface area contributed by atoms with Gasteiger partial charge < -0.3 is 9.47 Å². The molecule has 0 spiro atoms. The van der Waals surface area contributed by atoms with E-state index in [9.17, 15) is 4.79 Å². The monoisotopic (exact) mass is 299 g/mol. The van der Waals surface area contributed by atoms with Gasteiger partial charge in [-0.1, -0.05) is 0 Å². The third-order valence-corrected chi connectivity index (χ3v) is 3.91. The Morgan fingerprint density at radius 1 is 1.19 bits per heavy atom. The second-order valence-electron chi connectivity index (χ2n) is 4.45. The molecule has 106 valence electrons. The molecular weight excluding hydrogens is 286 g/mol. The van der Waals surface area contributed by atoms with Gasteiger partial charge in [-0.2, -0.15) is 11.3 Å². The number of benzene rings is 1. The average Bonchev–Trinajstić information content (AvgIpc) is 3.06. The Labute approximate surface area is 126 Å². The van der Waals surface area contributed by atoms with Crippen LogP contribution in [0.2, 0.25) is 0 Å². The molecule has 5 heteroatoms. The lowest BCUT2D eigenvalue weighted by atomic mass is 10.1. The number of thiophene rings is 1. The summed E-state index contributed by atoms with van der Waals surface area (Å²) in [6.07, 6.45) is 0. The van der Waals surface area contributed by atoms with Gasteiger partial charge in [0, 0.05) is 22.4 Å². The first-order valence-corrected chi connectivity index (χ1v) is 7.27. The Kier molecular flexibility index (Phi) is 3.58. The van der Waals surface area contributed by atoms with Crippen molar-refractivity contribution >= 4 is 28.2 Å². The van der Waals surface area contributed by atoms with E-state index in [0.717, 1.165) is 22.2 Å². The summed E-state index contributed by atoms with van der Waals surface area (Å²) < 4.78 is 10.1. The van der Waals surface area contributed by atoms with Crippen molar-refractivity contribution in [3.8, 4) is 17.0 Å². The summed E-state index contributed by atoms with van der Waals surface area (Å²) in [5.41, 5.74) is 2.78. The minimum Gasteiger partial charge on any atom is -0.497 e. The lowest BCUT2D eigenvalue weighted by Gasteiger charge is -2.09. The summed E-state index contributed by atoms with van der Waals surface area (Å²) in [5.74, 6) is 0.346. The zero-order valence-electron chi connectivity index (χ0n) is 11.6. The van der Waals surface area contributed by atoms with Crippen molar-refractivity contribution in [3.05, 3.63) is 46.7 Å². The highest BCUT2D eigenvalue weighted by atomic mass is 32.1. The fourth-order valence-electron chi connectivity index (χ4n) is 2.16. The minimum absolute atomic E-state index is 0.388. The van der Waals surface area contributed by atoms with Gasteiger partial charge in [0.05, 0.1) is 31.0 Å². The Morgan fingerprint density at radius 3 is 2.71 bits per heavy atom. The van der Waals surface area contributed by atoms with Crippen LogP contribution in [0.5, 0.6) is 5.75 Å². The Bertz CT molecular complexity index is 797. The Morgan fingerprint density at radius 2 is 2.05 bits per heavy atom. The van der Waals surface area contributed by atoms with Gasteiger partial charge in [-0.25, -0.2) is 9.78 Å². The maximum absolute atomic E-state index is 12.0. The van der Waals surface area contributed by atoms with Gasteiger partial charge in [0.15, 0.2) is 0 Å². The largest absolute Gasteiger partial charge is 0.497 e. The van der Waals surface area contributed by atoms with Gasteiger partial charge in [0.25, 0.3) is 0 Å². The molecule has 0 N–H and O–H groups in total. The number of nitrogens with zero attached hydrogens (tertiary/aromatic N) is 1. The van der Waals surface area contributed by atoms with Crippen molar-refractivity contribution < 1.29 is 14.3 Å². The van der Waals surface area contributed by atoms with E-state index in [1.54, 1.807) is 24.5 Å². The number of hydrogen-bond donors (Lipinski definition) is 0. The zero-order chi connectivity index (χ0) is 14.8. The molecule has 0 bridgehead atoms. The van der Waals surface area contributed by atoms with Gasteiger partial charge in [0.1, 0.15) is 5.75 Å². The van der Waals surface area contributed by atoms with Crippen LogP contribution in [0.1, 0.15) is 10.4 Å². The zero-order valence-corrected chi connectivity index (χ0v) is 12.4. The van der Waals surface area contributed by atoms with Crippen molar-refractivity contribution in [2.24, 2.45) is 0 Å². The molecular formula is C16H13NO3S. The van der Waals surface area contributed by atoms with Crippen LogP contribution in [-0.4, -0.2) is 25.2 Å². The van der Waals surface area contributed by atoms with Gasteiger partial charge in [0.2, 0.25) is 0 Å². The molecule has 0 aliphatic carbocycles. The first kappa shape index (κ1) is 13.6. The summed E-state index contributed by atoms with van der Waals surface area (Å²) in [7, 11) is 2.99. The van der Waals surface area contributed by atoms with Crippen molar-refractivity contribution in [1.29, 1.82) is 0 Å². The molecule has 2 heterocycles. The molecule has 4 nitrogen and oxygen atoms in total. The summed E-state index contributed by atoms with van der Waals surface area (Å²) in [6.45, 7) is 0. The summed E-state index contributed by atoms with van der Waals surface area (Å²) in [4.78, 5) is 16.6. The number of esters is 1. The maximum atomic E-state index is 12.0. The number of ether oxygens (including phenoxy) is 2. The fraction of sp³-hybridized carbons (Fsp3) is 0.125. The molecule has 0 unspecified atom stereocenters. The van der Waals surface area contributed by atoms with E-state index in [1.165, 1.54) is 7.11 Å². The number of rotatable bonds is 3. The number of carbonyl (C=O) groups is 1. The fourth-order valence-corrected chi connectivity index (χ4v) is 2.80. The Balaban J connectivity index is 2.28. The first-order chi connectivity index (χ1) is 10.2. The van der Waals surface area contributed by atoms with Crippen LogP contribution in [0.25, 0.3) is 22.2 Å². The number of pyridine rings is 1. The van der Waals surface area contributed by atoms with E-state index in [1.807, 2.05) is 35.0 Å². The summed E-state index contributed by atoms with van der Waals surface area (Å²) in [6, 6.07) is 9.32. The molecule has 0 saturated heterocycles. The molecule has 0 aliphatic rings. The SMILES string of the molecule is COC(=O)c1cc2ccc(OC)cc2nc1-c1ccsc1. The smallest absolute Gasteiger partial charge is 0.340 e. The standard InChI is InChI=1S/C16H13NO3S/c1-19-12-4-3-10-7-13(16(18)20-2)15(17-14(10)8-12)11-5-6-21-9-11/h3-9H,1-2H3. The predicted octanol–water partition coefficient (Wildman–Crippen LogP) is 3.76. The minimum atomic E-state index is -0.388. The topological polar surface area (TPSA) is 48.4 Å². The number of fused-ring (bicyclic) bond motifs is 1. The van der Waals surface area contributed by atoms with Gasteiger partial charge >= 0.3 is 5.97 Å². The van der Waals surface area contributed by atoms with E-state index in [4.69, 9.17) is 9.47 Å². The van der Waals surface area contributed by atoms with Gasteiger partial charge in [-0.15, -0.1) is 0 Å². The van der Waals surface area contributed by atoms with Crippen LogP contribution in [-0.2, 0) is 4.74 Å². The number of aromatic nitrogens is 1. The number of hydrogen-bond acceptors (Lipinski definition) is 5. The predicted molar refractivity (Wildman–Crippen MR) is 82.9 cm³/mol. The molecule has 21 heavy (non-hydrogen) atoms. The molecule has 2 aromatic heterocycles. The van der Waals surface area contributed by atoms with Crippen LogP contribution in [0.4, 0.5) is 0 Å². The Hall–Kier alpha value is -2.40. The molecule has 1 aromatic carbocycles. The molecule has 0 saturated carbocycles. The summed E-state index contributed by atoms with van der Waals surface area (Å²) >= 11 is 1.56. The lowest BCUT2D eigenvalue weighted by Crippen LogP contribution is -2.05. The van der Waals surface area contributed by atoms with Crippen LogP contribution in [0, 0.1) is 0 Å². The highest BCUT2D eigenvalue weighted by Crippen LogP contribution is 2.29. The van der Waals surface area contributed by atoms with Gasteiger partial charge in [-0.3, -0.25) is 0 Å². The van der Waals surface area contributed by atoms with Crippen molar-refractivity contribution in [2.75, 3.05) is 14.2 Å². The van der Waals surface area contributed by atoms with Crippen molar-refractivity contribution in [3.63, 3.8) is 0 Å². The van der Waals surface area contributed by atoms with Crippen LogP contribution in [0.3, 0.4) is 0 Å². The number of methoxy groups -OCH3 is 2. The lowest BCUT2D eigenvalue weighted by molar-refractivity contribution is 0.0601. The van der Waals surface area contributed by atoms with Gasteiger partial charge in [-0.05, 0) is 29.6 Å². The maximum Gasteiger partial charge on any atom is 0.340 e. The van der Waals surface area contributed by atoms with Crippen molar-refractivity contribution in [2.45, 2.75) is 0 Å². The molecule has 0 amide bonds. The quantitative estimate of drug-likeness (QED) is 0.691. The van der Waals surface area contributed by atoms with Crippen LogP contribution >= 0.6 is 11.3 Å². The van der Waals surface area contributed by atoms with Crippen LogP contribution < -0.4 is 4.74 Å². The molecule has 0 aliphatic heterocycles. The molecule has 0 radical (unpaired) electrons. The highest BCUT2D eigenvalue weighted by molar-refractivity contribution is 7.08. The van der Waals surface area contributed by atoms with Crippen LogP contribution in [0.15, 0.2) is 41.1 Å². The second kappa shape index (κ2) is 5.54. The molecule has 0 fully saturated rings. The van der Waals surface area contributed by atoms with Crippen molar-refractivity contribution in [1.82, 2.24) is 4.98 Å². The summed E-state index contributed by atoms with van der Waals surface area (Å²) in [5, 5.41) is 4.78. The number of carbonyl (C=O) groups excluding carboxylic acids is 1. The first-order valence-electron chi connectivity index (χ1n) is 6.32. The highest BCUT2D eigenvalue weighted by Gasteiger charge is 2.17. The van der Waals surface area contributed by atoms with E-state index in [2.05, 4.69) is 4.98 Å². The van der Waals surface area contributed by atoms with E-state index < -0.39 is 0 Å². The average molecular weight is 299 g/mol. The molecule has 3 aromatic rings. The van der Waals surface area contributed by atoms with E-state index in [0.29, 0.717) is 11.3 Å². The molecule has 0 atom stereocenters. The third kappa shape index (κ3) is 2.48. The second-order valence-corrected chi connectivity index (χ2v) is 5.23. The molecule has 3 rings (SSSR count). The van der Waals surface area contributed by atoms with E-state index in [-0.39, 0.29) is 5.97 Å². The third-order valence-electron chi connectivity index (χ3n) is 3.22.